The van der Waals surface area contributed by atoms with Gasteiger partial charge in [-0.3, -0.25) is 14.9 Å². The lowest BCUT2D eigenvalue weighted by atomic mass is 10.2. The minimum absolute atomic E-state index is 0.0860. The Morgan fingerprint density at radius 2 is 2.00 bits per heavy atom. The van der Waals surface area contributed by atoms with Crippen LogP contribution in [0.4, 0.5) is 11.4 Å². The Bertz CT molecular complexity index is 722. The zero-order valence-corrected chi connectivity index (χ0v) is 13.7. The number of nitro groups is 1. The van der Waals surface area contributed by atoms with Crippen LogP contribution in [0.5, 0.6) is 5.75 Å². The number of carbonyl (C=O) groups excluding carboxylic acids is 1. The van der Waals surface area contributed by atoms with Gasteiger partial charge in [-0.05, 0) is 36.4 Å². The molecule has 0 spiro atoms. The first-order chi connectivity index (χ1) is 11.0. The van der Waals surface area contributed by atoms with Crippen LogP contribution in [0.3, 0.4) is 0 Å². The monoisotopic (exact) mass is 352 g/mol. The number of carbonyl (C=O) groups is 1. The lowest BCUT2D eigenvalue weighted by molar-refractivity contribution is -0.383. The molecule has 0 fully saturated rings. The van der Waals surface area contributed by atoms with E-state index in [1.54, 1.807) is 19.2 Å². The number of halogens is 1. The van der Waals surface area contributed by atoms with Crippen LogP contribution >= 0.6 is 23.4 Å². The maximum Gasteiger partial charge on any atom is 0.292 e. The van der Waals surface area contributed by atoms with Crippen molar-refractivity contribution in [2.75, 3.05) is 18.2 Å². The third-order valence-corrected chi connectivity index (χ3v) is 4.11. The Kier molecular flexibility index (Phi) is 5.84. The number of thioether (sulfide) groups is 1. The highest BCUT2D eigenvalue weighted by atomic mass is 35.5. The molecule has 120 valence electrons. The molecule has 0 unspecified atom stereocenters. The summed E-state index contributed by atoms with van der Waals surface area (Å²) in [5.41, 5.74) is -0.111. The normalized spacial score (nSPS) is 10.2. The van der Waals surface area contributed by atoms with Gasteiger partial charge in [0, 0.05) is 16.0 Å². The van der Waals surface area contributed by atoms with Crippen LogP contribution in [0.25, 0.3) is 0 Å². The molecule has 2 aromatic rings. The Balaban J connectivity index is 1.99. The number of nitro benzene ring substituents is 1. The molecule has 0 aliphatic carbocycles. The average molecular weight is 353 g/mol. The van der Waals surface area contributed by atoms with Crippen LogP contribution in [-0.4, -0.2) is 23.7 Å². The molecule has 0 aliphatic heterocycles. The first kappa shape index (κ1) is 17.1. The molecule has 0 saturated heterocycles. The van der Waals surface area contributed by atoms with E-state index in [-0.39, 0.29) is 23.0 Å². The number of methoxy groups -OCH3 is 1. The average Bonchev–Trinajstić information content (AvgIpc) is 2.53. The first-order valence-electron chi connectivity index (χ1n) is 6.50. The third kappa shape index (κ3) is 4.87. The molecule has 0 saturated carbocycles. The Labute approximate surface area is 141 Å². The smallest absolute Gasteiger partial charge is 0.292 e. The van der Waals surface area contributed by atoms with E-state index in [2.05, 4.69) is 5.32 Å². The molecule has 0 heterocycles. The van der Waals surface area contributed by atoms with Crippen LogP contribution in [0.15, 0.2) is 47.4 Å². The summed E-state index contributed by atoms with van der Waals surface area (Å²) in [7, 11) is 1.58. The lowest BCUT2D eigenvalue weighted by Gasteiger charge is -2.07. The van der Waals surface area contributed by atoms with E-state index < -0.39 is 4.92 Å². The number of anilines is 1. The number of nitrogens with zero attached hydrogens (tertiary/aromatic N) is 1. The number of rotatable bonds is 6. The molecule has 2 rings (SSSR count). The summed E-state index contributed by atoms with van der Waals surface area (Å²) in [6, 6.07) is 11.3. The fourth-order valence-electron chi connectivity index (χ4n) is 1.77. The molecule has 8 heteroatoms. The summed E-state index contributed by atoms with van der Waals surface area (Å²) in [5, 5.41) is 13.8. The van der Waals surface area contributed by atoms with Crippen molar-refractivity contribution in [3.63, 3.8) is 0 Å². The minimum atomic E-state index is -0.567. The Morgan fingerprint density at radius 1 is 1.30 bits per heavy atom. The number of hydrogen-bond donors (Lipinski definition) is 1. The van der Waals surface area contributed by atoms with Crippen molar-refractivity contribution in [2.45, 2.75) is 4.90 Å². The highest BCUT2D eigenvalue weighted by molar-refractivity contribution is 8.00. The summed E-state index contributed by atoms with van der Waals surface area (Å²) >= 11 is 7.13. The first-order valence-corrected chi connectivity index (χ1v) is 7.86. The van der Waals surface area contributed by atoms with Gasteiger partial charge in [0.1, 0.15) is 11.4 Å². The van der Waals surface area contributed by atoms with Crippen molar-refractivity contribution in [1.29, 1.82) is 0 Å². The van der Waals surface area contributed by atoms with Crippen molar-refractivity contribution in [3.05, 3.63) is 57.6 Å². The number of hydrogen-bond acceptors (Lipinski definition) is 5. The number of benzene rings is 2. The van der Waals surface area contributed by atoms with E-state index in [0.29, 0.717) is 5.02 Å². The number of ether oxygens (including phenoxy) is 1. The van der Waals surface area contributed by atoms with Gasteiger partial charge in [0.05, 0.1) is 17.8 Å². The van der Waals surface area contributed by atoms with E-state index in [0.717, 1.165) is 10.6 Å². The van der Waals surface area contributed by atoms with Crippen molar-refractivity contribution in [3.8, 4) is 5.75 Å². The fraction of sp³-hybridized carbons (Fsp3) is 0.133. The summed E-state index contributed by atoms with van der Waals surface area (Å²) < 4.78 is 5.06. The maximum absolute atomic E-state index is 12.0. The van der Waals surface area contributed by atoms with Crippen molar-refractivity contribution >= 4 is 40.6 Å². The van der Waals surface area contributed by atoms with Crippen molar-refractivity contribution in [2.24, 2.45) is 0 Å². The summed E-state index contributed by atoms with van der Waals surface area (Å²) in [4.78, 5) is 23.2. The van der Waals surface area contributed by atoms with Crippen molar-refractivity contribution in [1.82, 2.24) is 0 Å². The molecule has 0 aromatic heterocycles. The summed E-state index contributed by atoms with van der Waals surface area (Å²) in [6.45, 7) is 0. The van der Waals surface area contributed by atoms with Crippen LogP contribution in [0.2, 0.25) is 5.02 Å². The van der Waals surface area contributed by atoms with Gasteiger partial charge in [0.15, 0.2) is 0 Å². The quantitative estimate of drug-likeness (QED) is 0.483. The summed E-state index contributed by atoms with van der Waals surface area (Å²) in [6.07, 6.45) is 0. The Morgan fingerprint density at radius 3 is 2.61 bits per heavy atom. The maximum atomic E-state index is 12.0. The van der Waals surface area contributed by atoms with Gasteiger partial charge in [-0.2, -0.15) is 0 Å². The third-order valence-electron chi connectivity index (χ3n) is 2.86. The molecular weight excluding hydrogens is 340 g/mol. The Hall–Kier alpha value is -2.25. The predicted octanol–water partition coefficient (Wildman–Crippen LogP) is 3.99. The molecule has 1 N–H and O–H groups in total. The van der Waals surface area contributed by atoms with Crippen LogP contribution in [-0.2, 0) is 4.79 Å². The van der Waals surface area contributed by atoms with E-state index in [9.17, 15) is 14.9 Å². The largest absolute Gasteiger partial charge is 0.497 e. The predicted molar refractivity (Wildman–Crippen MR) is 90.5 cm³/mol. The van der Waals surface area contributed by atoms with Gasteiger partial charge in [-0.15, -0.1) is 11.8 Å². The molecular formula is C15H13ClN2O4S. The standard InChI is InChI=1S/C15H13ClN2O4S/c1-22-11-3-5-12(6-4-11)23-9-15(19)17-13-8-10(16)2-7-14(13)18(20)21/h2-8H,9H2,1H3,(H,17,19). The molecule has 2 aromatic carbocycles. The minimum Gasteiger partial charge on any atom is -0.497 e. The topological polar surface area (TPSA) is 81.5 Å². The van der Waals surface area contributed by atoms with E-state index in [1.807, 2.05) is 12.1 Å². The number of amides is 1. The highest BCUT2D eigenvalue weighted by Gasteiger charge is 2.16. The van der Waals surface area contributed by atoms with Crippen LogP contribution in [0, 0.1) is 10.1 Å². The zero-order chi connectivity index (χ0) is 16.8. The second-order valence-electron chi connectivity index (χ2n) is 4.43. The molecule has 6 nitrogen and oxygen atoms in total. The molecule has 23 heavy (non-hydrogen) atoms. The summed E-state index contributed by atoms with van der Waals surface area (Å²) in [5.74, 6) is 0.500. The van der Waals surface area contributed by atoms with Gasteiger partial charge in [0.2, 0.25) is 5.91 Å². The number of nitrogens with one attached hydrogen (secondary N) is 1. The SMILES string of the molecule is COc1ccc(SCC(=O)Nc2cc(Cl)ccc2[N+](=O)[O-])cc1. The van der Waals surface area contributed by atoms with Gasteiger partial charge in [0.25, 0.3) is 5.69 Å². The molecule has 0 bridgehead atoms. The second-order valence-corrected chi connectivity index (χ2v) is 5.92. The van der Waals surface area contributed by atoms with Gasteiger partial charge < -0.3 is 10.1 Å². The molecule has 0 radical (unpaired) electrons. The second kappa shape index (κ2) is 7.85. The van der Waals surface area contributed by atoms with Crippen LogP contribution in [0.1, 0.15) is 0 Å². The van der Waals surface area contributed by atoms with Crippen molar-refractivity contribution < 1.29 is 14.5 Å². The van der Waals surface area contributed by atoms with Gasteiger partial charge in [-0.1, -0.05) is 11.6 Å². The molecule has 0 atom stereocenters. The molecule has 1 amide bonds. The fourth-order valence-corrected chi connectivity index (χ4v) is 2.65. The molecule has 0 aliphatic rings. The zero-order valence-electron chi connectivity index (χ0n) is 12.1. The van der Waals surface area contributed by atoms with E-state index in [1.165, 1.54) is 30.0 Å². The van der Waals surface area contributed by atoms with Crippen LogP contribution < -0.4 is 10.1 Å². The highest BCUT2D eigenvalue weighted by Crippen LogP contribution is 2.28. The lowest BCUT2D eigenvalue weighted by Crippen LogP contribution is -2.15. The van der Waals surface area contributed by atoms with Gasteiger partial charge in [-0.25, -0.2) is 0 Å². The van der Waals surface area contributed by atoms with E-state index >= 15 is 0 Å². The van der Waals surface area contributed by atoms with Gasteiger partial charge >= 0.3 is 0 Å². The van der Waals surface area contributed by atoms with E-state index in [4.69, 9.17) is 16.3 Å².